The van der Waals surface area contributed by atoms with Gasteiger partial charge in [-0.25, -0.2) is 0 Å². The Balaban J connectivity index is 2.18. The van der Waals surface area contributed by atoms with Crippen LogP contribution in [0.15, 0.2) is 0 Å². The van der Waals surface area contributed by atoms with Crippen molar-refractivity contribution in [2.45, 2.75) is 71.8 Å². The second-order valence-corrected chi connectivity index (χ2v) is 6.41. The third-order valence-corrected chi connectivity index (χ3v) is 4.25. The lowest BCUT2D eigenvalue weighted by Crippen LogP contribution is -2.34. The predicted molar refractivity (Wildman–Crippen MR) is 80.7 cm³/mol. The molecule has 0 aromatic heterocycles. The van der Waals surface area contributed by atoms with Crippen molar-refractivity contribution in [2.75, 3.05) is 19.6 Å². The molecule has 1 unspecified atom stereocenters. The molecule has 1 aliphatic rings. The minimum absolute atomic E-state index is 0.713. The van der Waals surface area contributed by atoms with E-state index in [1.807, 2.05) is 0 Å². The molecule has 0 aromatic rings. The van der Waals surface area contributed by atoms with Crippen LogP contribution in [0.1, 0.15) is 65.7 Å². The first kappa shape index (κ1) is 16.0. The highest BCUT2D eigenvalue weighted by Crippen LogP contribution is 2.30. The highest BCUT2D eigenvalue weighted by atomic mass is 15.1. The van der Waals surface area contributed by atoms with Crippen molar-refractivity contribution in [3.63, 3.8) is 0 Å². The monoisotopic (exact) mass is 254 g/mol. The summed E-state index contributed by atoms with van der Waals surface area (Å²) in [4.78, 5) is 2.68. The number of nitrogens with two attached hydrogens (primary N) is 1. The van der Waals surface area contributed by atoms with Gasteiger partial charge in [0.15, 0.2) is 0 Å². The average molecular weight is 254 g/mol. The highest BCUT2D eigenvalue weighted by molar-refractivity contribution is 4.78. The van der Waals surface area contributed by atoms with E-state index in [-0.39, 0.29) is 0 Å². The summed E-state index contributed by atoms with van der Waals surface area (Å²) in [5.74, 6) is 1.89. The molecule has 1 aliphatic carbocycles. The van der Waals surface area contributed by atoms with E-state index >= 15 is 0 Å². The van der Waals surface area contributed by atoms with Gasteiger partial charge >= 0.3 is 0 Å². The summed E-state index contributed by atoms with van der Waals surface area (Å²) in [7, 11) is 0. The van der Waals surface area contributed by atoms with E-state index in [2.05, 4.69) is 25.7 Å². The van der Waals surface area contributed by atoms with Gasteiger partial charge in [-0.1, -0.05) is 19.8 Å². The number of hydrogen-bond acceptors (Lipinski definition) is 2. The van der Waals surface area contributed by atoms with Crippen LogP contribution in [0.2, 0.25) is 0 Å². The molecule has 0 aromatic carbocycles. The van der Waals surface area contributed by atoms with Crippen molar-refractivity contribution < 1.29 is 0 Å². The first-order valence-electron chi connectivity index (χ1n) is 8.11. The molecular formula is C16H34N2. The lowest BCUT2D eigenvalue weighted by Gasteiger charge is -2.27. The SMILES string of the molecule is CCCC(CCN)CCCN(CC1CC1)C(C)C. The summed E-state index contributed by atoms with van der Waals surface area (Å²) in [6.07, 6.45) is 9.55. The standard InChI is InChI=1S/C16H34N2/c1-4-6-15(10-11-17)7-5-12-18(14(2)3)13-16-8-9-16/h14-16H,4-13,17H2,1-3H3. The molecular weight excluding hydrogens is 220 g/mol. The molecule has 0 radical (unpaired) electrons. The molecule has 0 heterocycles. The van der Waals surface area contributed by atoms with Crippen LogP contribution in [-0.2, 0) is 0 Å². The van der Waals surface area contributed by atoms with E-state index in [1.54, 1.807) is 0 Å². The minimum Gasteiger partial charge on any atom is -0.330 e. The molecule has 1 fully saturated rings. The van der Waals surface area contributed by atoms with Crippen LogP contribution in [-0.4, -0.2) is 30.6 Å². The maximum absolute atomic E-state index is 5.70. The Morgan fingerprint density at radius 2 is 1.89 bits per heavy atom. The van der Waals surface area contributed by atoms with Crippen LogP contribution >= 0.6 is 0 Å². The molecule has 0 spiro atoms. The molecule has 2 nitrogen and oxygen atoms in total. The topological polar surface area (TPSA) is 29.3 Å². The van der Waals surface area contributed by atoms with E-state index < -0.39 is 0 Å². The smallest absolute Gasteiger partial charge is 0.00387 e. The largest absolute Gasteiger partial charge is 0.330 e. The van der Waals surface area contributed by atoms with E-state index in [0.29, 0.717) is 6.04 Å². The van der Waals surface area contributed by atoms with Gasteiger partial charge in [0.1, 0.15) is 0 Å². The summed E-state index contributed by atoms with van der Waals surface area (Å²) >= 11 is 0. The zero-order chi connectivity index (χ0) is 13.4. The van der Waals surface area contributed by atoms with Crippen LogP contribution in [0.5, 0.6) is 0 Å². The van der Waals surface area contributed by atoms with Gasteiger partial charge in [0.05, 0.1) is 0 Å². The predicted octanol–water partition coefficient (Wildman–Crippen LogP) is 3.65. The van der Waals surface area contributed by atoms with Crippen molar-refractivity contribution in [1.29, 1.82) is 0 Å². The Morgan fingerprint density at radius 1 is 1.17 bits per heavy atom. The molecule has 2 N–H and O–H groups in total. The van der Waals surface area contributed by atoms with E-state index in [1.165, 1.54) is 58.0 Å². The first-order valence-corrected chi connectivity index (χ1v) is 8.11. The summed E-state index contributed by atoms with van der Waals surface area (Å²) in [5.41, 5.74) is 5.70. The van der Waals surface area contributed by atoms with Crippen LogP contribution in [0.25, 0.3) is 0 Å². The Morgan fingerprint density at radius 3 is 2.39 bits per heavy atom. The Kier molecular flexibility index (Phi) is 7.92. The van der Waals surface area contributed by atoms with E-state index in [4.69, 9.17) is 5.73 Å². The van der Waals surface area contributed by atoms with Crippen LogP contribution in [0.4, 0.5) is 0 Å². The zero-order valence-corrected chi connectivity index (χ0v) is 12.8. The van der Waals surface area contributed by atoms with Gasteiger partial charge < -0.3 is 10.6 Å². The summed E-state index contributed by atoms with van der Waals surface area (Å²) in [6, 6.07) is 0.713. The Labute approximate surface area is 114 Å². The highest BCUT2D eigenvalue weighted by Gasteiger charge is 2.25. The molecule has 2 heteroatoms. The molecule has 18 heavy (non-hydrogen) atoms. The summed E-state index contributed by atoms with van der Waals surface area (Å²) in [5, 5.41) is 0. The van der Waals surface area contributed by atoms with E-state index in [0.717, 1.165) is 18.4 Å². The fourth-order valence-electron chi connectivity index (χ4n) is 2.85. The summed E-state index contributed by atoms with van der Waals surface area (Å²) < 4.78 is 0. The van der Waals surface area contributed by atoms with Gasteiger partial charge in [0, 0.05) is 12.6 Å². The first-order chi connectivity index (χ1) is 8.67. The molecule has 1 saturated carbocycles. The number of rotatable bonds is 11. The molecule has 0 bridgehead atoms. The molecule has 108 valence electrons. The quantitative estimate of drug-likeness (QED) is 0.610. The van der Waals surface area contributed by atoms with Crippen molar-refractivity contribution in [3.05, 3.63) is 0 Å². The van der Waals surface area contributed by atoms with Crippen molar-refractivity contribution in [1.82, 2.24) is 4.90 Å². The average Bonchev–Trinajstić information content (AvgIpc) is 3.12. The van der Waals surface area contributed by atoms with Crippen molar-refractivity contribution in [3.8, 4) is 0 Å². The van der Waals surface area contributed by atoms with Crippen molar-refractivity contribution >= 4 is 0 Å². The lowest BCUT2D eigenvalue weighted by molar-refractivity contribution is 0.202. The third-order valence-electron chi connectivity index (χ3n) is 4.25. The Hall–Kier alpha value is -0.0800. The minimum atomic E-state index is 0.713. The molecule has 1 rings (SSSR count). The second-order valence-electron chi connectivity index (χ2n) is 6.41. The second kappa shape index (κ2) is 8.92. The van der Waals surface area contributed by atoms with Gasteiger partial charge in [-0.3, -0.25) is 0 Å². The Bertz CT molecular complexity index is 193. The van der Waals surface area contributed by atoms with Gasteiger partial charge in [0.25, 0.3) is 0 Å². The van der Waals surface area contributed by atoms with Crippen LogP contribution in [0.3, 0.4) is 0 Å². The van der Waals surface area contributed by atoms with Crippen LogP contribution in [0, 0.1) is 11.8 Å². The van der Waals surface area contributed by atoms with Gasteiger partial charge in [-0.05, 0) is 70.9 Å². The third kappa shape index (κ3) is 6.75. The maximum Gasteiger partial charge on any atom is 0.00387 e. The molecule has 0 amide bonds. The maximum atomic E-state index is 5.70. The van der Waals surface area contributed by atoms with Crippen LogP contribution < -0.4 is 5.73 Å². The summed E-state index contributed by atoms with van der Waals surface area (Å²) in [6.45, 7) is 10.5. The van der Waals surface area contributed by atoms with Gasteiger partial charge in [-0.2, -0.15) is 0 Å². The zero-order valence-electron chi connectivity index (χ0n) is 12.8. The van der Waals surface area contributed by atoms with E-state index in [9.17, 15) is 0 Å². The lowest BCUT2D eigenvalue weighted by atomic mass is 9.94. The molecule has 0 aliphatic heterocycles. The van der Waals surface area contributed by atoms with Gasteiger partial charge in [0.2, 0.25) is 0 Å². The molecule has 1 atom stereocenters. The van der Waals surface area contributed by atoms with Crippen molar-refractivity contribution in [2.24, 2.45) is 17.6 Å². The molecule has 0 saturated heterocycles. The normalized spacial score (nSPS) is 17.7. The fourth-order valence-corrected chi connectivity index (χ4v) is 2.85. The number of hydrogen-bond donors (Lipinski definition) is 1. The number of nitrogens with zero attached hydrogens (tertiary/aromatic N) is 1. The fraction of sp³-hybridized carbons (Fsp3) is 1.00. The van der Waals surface area contributed by atoms with Gasteiger partial charge in [-0.15, -0.1) is 0 Å².